The van der Waals surface area contributed by atoms with E-state index in [1.165, 1.54) is 18.2 Å². The minimum absolute atomic E-state index is 0.0741. The lowest BCUT2D eigenvalue weighted by Crippen LogP contribution is -1.99. The van der Waals surface area contributed by atoms with E-state index < -0.39 is 25.5 Å². The first-order valence-electron chi connectivity index (χ1n) is 8.72. The highest BCUT2D eigenvalue weighted by Gasteiger charge is 2.37. The van der Waals surface area contributed by atoms with E-state index in [1.807, 2.05) is 0 Å². The lowest BCUT2D eigenvalue weighted by Gasteiger charge is -1.98. The quantitative estimate of drug-likeness (QED) is 0.251. The van der Waals surface area contributed by atoms with Gasteiger partial charge in [-0.3, -0.25) is 4.79 Å². The van der Waals surface area contributed by atoms with Gasteiger partial charge in [0.1, 0.15) is 4.91 Å². The molecule has 2 aromatic carbocycles. The lowest BCUT2D eigenvalue weighted by molar-refractivity contribution is 0.104. The van der Waals surface area contributed by atoms with E-state index in [9.17, 15) is 21.6 Å². The van der Waals surface area contributed by atoms with Gasteiger partial charge < -0.3 is 0 Å². The summed E-state index contributed by atoms with van der Waals surface area (Å²) in [6.45, 7) is 19.6. The van der Waals surface area contributed by atoms with Crippen LogP contribution >= 0.6 is 0 Å². The number of fused-ring (bicyclic) bond motifs is 2. The number of rotatable bonds is 0. The monoisotopic (exact) mass is 464 g/mol. The van der Waals surface area contributed by atoms with E-state index in [2.05, 4.69) is 31.2 Å². The second-order valence-corrected chi connectivity index (χ2v) is 10.0. The number of benzene rings is 2. The summed E-state index contributed by atoms with van der Waals surface area (Å²) in [6, 6.07) is 14.1. The van der Waals surface area contributed by atoms with Crippen LogP contribution in [0.1, 0.15) is 15.9 Å². The van der Waals surface area contributed by atoms with Crippen molar-refractivity contribution in [2.45, 2.75) is 9.79 Å². The third-order valence-electron chi connectivity index (χ3n) is 4.50. The van der Waals surface area contributed by atoms with Gasteiger partial charge in [0.15, 0.2) is 0 Å². The molecule has 0 N–H and O–H groups in total. The van der Waals surface area contributed by atoms with Crippen molar-refractivity contribution in [3.05, 3.63) is 113 Å². The third kappa shape index (κ3) is 3.71. The van der Waals surface area contributed by atoms with E-state index in [1.54, 1.807) is 36.4 Å². The zero-order chi connectivity index (χ0) is 24.3. The van der Waals surface area contributed by atoms with E-state index in [0.717, 1.165) is 0 Å². The van der Waals surface area contributed by atoms with E-state index >= 15 is 0 Å². The number of ketones is 1. The highest BCUT2D eigenvalue weighted by molar-refractivity contribution is 7.97. The molecule has 32 heavy (non-hydrogen) atoms. The number of hydrogen-bond donors (Lipinski definition) is 0. The van der Waals surface area contributed by atoms with Gasteiger partial charge in [-0.15, -0.1) is 13.2 Å². The molecule has 0 saturated carbocycles. The maximum Gasteiger partial charge on any atom is 0.270 e. The van der Waals surface area contributed by atoms with E-state index in [0.29, 0.717) is 5.56 Å². The average molecular weight is 465 g/mol. The summed E-state index contributed by atoms with van der Waals surface area (Å²) >= 11 is 0. The van der Waals surface area contributed by atoms with Crippen molar-refractivity contribution in [3.63, 3.8) is 0 Å². The minimum Gasteiger partial charge on any atom is -0.288 e. The number of Topliss-reactive ketones (excluding diaryl/α,β-unsaturated/α-hetero) is 1. The highest BCUT2D eigenvalue weighted by Crippen LogP contribution is 2.43. The lowest BCUT2D eigenvalue weighted by atomic mass is 10.0. The Morgan fingerprint density at radius 1 is 0.844 bits per heavy atom. The molecule has 0 aliphatic carbocycles. The van der Waals surface area contributed by atoms with E-state index in [-0.39, 0.29) is 36.4 Å². The number of allylic oxidation sites excluding steroid dienone is 3. The van der Waals surface area contributed by atoms with Gasteiger partial charge in [-0.25, -0.2) is 26.9 Å². The van der Waals surface area contributed by atoms with Crippen molar-refractivity contribution in [3.8, 4) is 6.07 Å². The molecular formula is C23H16N2O5S2. The summed E-state index contributed by atoms with van der Waals surface area (Å²) in [5, 5.41) is 8.84. The molecular weight excluding hydrogens is 448 g/mol. The standard InChI is InChI=1S/C12H6N2O2S.C9H6O3S.C2H4/c1-8-12(10(7-13)14-2)9-5-3-4-6-11(9)17(8,15)16;1-6-9(10)7-4-2-3-5-8(7)13(6,11)12;1-2/h3-6H,1H2;2-5H,1H2;1-2H2/b12-10+;;. The second kappa shape index (κ2) is 8.98. The van der Waals surface area contributed by atoms with Crippen molar-refractivity contribution in [1.29, 1.82) is 5.26 Å². The first kappa shape index (κ1) is 24.2. The first-order chi connectivity index (χ1) is 15.1. The van der Waals surface area contributed by atoms with Crippen LogP contribution < -0.4 is 0 Å². The maximum atomic E-state index is 12.0. The maximum absolute atomic E-state index is 12.0. The molecule has 4 rings (SSSR count). The topological polar surface area (TPSA) is 114 Å². The molecule has 0 fully saturated rings. The summed E-state index contributed by atoms with van der Waals surface area (Å²) in [6.07, 6.45) is 0. The minimum atomic E-state index is -3.65. The van der Waals surface area contributed by atoms with Crippen LogP contribution in [0.2, 0.25) is 0 Å². The zero-order valence-corrected chi connectivity index (χ0v) is 18.3. The fourth-order valence-corrected chi connectivity index (χ4v) is 5.80. The fourth-order valence-electron chi connectivity index (χ4n) is 3.01. The van der Waals surface area contributed by atoms with Crippen molar-refractivity contribution >= 4 is 31.0 Å². The molecule has 2 aromatic rings. The Kier molecular flexibility index (Phi) is 6.80. The molecule has 0 atom stereocenters. The summed E-state index contributed by atoms with van der Waals surface area (Å²) in [4.78, 5) is 14.1. The molecule has 0 unspecified atom stereocenters. The summed E-state index contributed by atoms with van der Waals surface area (Å²) in [5.41, 5.74) is 0.485. The Bertz CT molecular complexity index is 1480. The number of nitriles is 1. The van der Waals surface area contributed by atoms with E-state index in [4.69, 9.17) is 11.8 Å². The van der Waals surface area contributed by atoms with Gasteiger partial charge in [-0.05, 0) is 23.8 Å². The molecule has 0 radical (unpaired) electrons. The van der Waals surface area contributed by atoms with Gasteiger partial charge in [0, 0.05) is 11.1 Å². The van der Waals surface area contributed by atoms with Gasteiger partial charge in [0.05, 0.1) is 27.3 Å². The number of hydrogen-bond acceptors (Lipinski definition) is 6. The summed E-state index contributed by atoms with van der Waals surface area (Å²) in [5.74, 6) is -0.490. The second-order valence-electron chi connectivity index (χ2n) is 6.12. The molecule has 0 saturated heterocycles. The first-order valence-corrected chi connectivity index (χ1v) is 11.7. The molecule has 0 amide bonds. The molecule has 2 aliphatic rings. The Labute approximate surface area is 186 Å². The molecule has 2 heterocycles. The smallest absolute Gasteiger partial charge is 0.270 e. The summed E-state index contributed by atoms with van der Waals surface area (Å²) in [7, 11) is -7.22. The Balaban J connectivity index is 0.000000217. The van der Waals surface area contributed by atoms with Crippen LogP contribution in [0.5, 0.6) is 0 Å². The molecule has 7 nitrogen and oxygen atoms in total. The number of sulfone groups is 2. The van der Waals surface area contributed by atoms with Gasteiger partial charge >= 0.3 is 0 Å². The van der Waals surface area contributed by atoms with Gasteiger partial charge in [-0.2, -0.15) is 0 Å². The van der Waals surface area contributed by atoms with Gasteiger partial charge in [0.25, 0.3) is 5.70 Å². The molecule has 160 valence electrons. The van der Waals surface area contributed by atoms with Crippen molar-refractivity contribution in [2.24, 2.45) is 0 Å². The number of carbonyl (C=O) groups excluding carboxylic acids is 1. The predicted octanol–water partition coefficient (Wildman–Crippen LogP) is 4.11. The Morgan fingerprint density at radius 3 is 1.75 bits per heavy atom. The van der Waals surface area contributed by atoms with Crippen molar-refractivity contribution < 1.29 is 21.6 Å². The average Bonchev–Trinajstić information content (AvgIpc) is 3.12. The van der Waals surface area contributed by atoms with Crippen LogP contribution in [-0.4, -0.2) is 22.6 Å². The predicted molar refractivity (Wildman–Crippen MR) is 120 cm³/mol. The fraction of sp³-hybridized carbons (Fsp3) is 0. The van der Waals surface area contributed by atoms with Crippen molar-refractivity contribution in [2.75, 3.05) is 0 Å². The van der Waals surface area contributed by atoms with Crippen LogP contribution in [-0.2, 0) is 19.7 Å². The van der Waals surface area contributed by atoms with Crippen LogP contribution in [0, 0.1) is 17.9 Å². The normalized spacial score (nSPS) is 17.9. The molecule has 0 spiro atoms. The van der Waals surface area contributed by atoms with Crippen LogP contribution in [0.25, 0.3) is 10.4 Å². The van der Waals surface area contributed by atoms with Gasteiger partial charge in [0.2, 0.25) is 25.5 Å². The third-order valence-corrected chi connectivity index (χ3v) is 8.06. The number of nitrogens with zero attached hydrogens (tertiary/aromatic N) is 2. The largest absolute Gasteiger partial charge is 0.288 e. The highest BCUT2D eigenvalue weighted by atomic mass is 32.2. The summed E-state index contributed by atoms with van der Waals surface area (Å²) < 4.78 is 46.9. The van der Waals surface area contributed by atoms with Crippen molar-refractivity contribution in [1.82, 2.24) is 0 Å². The molecule has 2 aliphatic heterocycles. The van der Waals surface area contributed by atoms with Crippen LogP contribution in [0.4, 0.5) is 0 Å². The zero-order valence-electron chi connectivity index (χ0n) is 16.7. The SMILES string of the molecule is C=C.C=C1C(=O)c2ccccc2S1(=O)=O.[C-]#[N+]/C(C#N)=C1\C(=C)S(=O)(=O)c2ccccc21. The van der Waals surface area contributed by atoms with Gasteiger partial charge in [-0.1, -0.05) is 43.5 Å². The number of carbonyl (C=O) groups is 1. The van der Waals surface area contributed by atoms with Crippen LogP contribution in [0.3, 0.4) is 0 Å². The molecule has 0 bridgehead atoms. The Morgan fingerprint density at radius 2 is 1.28 bits per heavy atom. The Hall–Kier alpha value is -4.05. The van der Waals surface area contributed by atoms with Crippen LogP contribution in [0.15, 0.2) is 100 Å². The molecule has 9 heteroatoms. The molecule has 0 aromatic heterocycles.